The molecule has 1 atom stereocenters. The van der Waals surface area contributed by atoms with Gasteiger partial charge in [0.2, 0.25) is 0 Å². The molecule has 2 rings (SSSR count). The van der Waals surface area contributed by atoms with Crippen LogP contribution in [0, 0.1) is 6.92 Å². The lowest BCUT2D eigenvalue weighted by molar-refractivity contribution is 0.463. The van der Waals surface area contributed by atoms with Gasteiger partial charge >= 0.3 is 0 Å². The molecule has 0 amide bonds. The fourth-order valence-electron chi connectivity index (χ4n) is 2.18. The second-order valence-electron chi connectivity index (χ2n) is 6.22. The smallest absolute Gasteiger partial charge is 0.134 e. The summed E-state index contributed by atoms with van der Waals surface area (Å²) in [6.07, 6.45) is 0. The molecule has 1 aromatic carbocycles. The molecule has 0 aliphatic carbocycles. The summed E-state index contributed by atoms with van der Waals surface area (Å²) in [5, 5.41) is 4.73. The van der Waals surface area contributed by atoms with Gasteiger partial charge in [-0.25, -0.2) is 0 Å². The Hall–Kier alpha value is -0.930. The SMILES string of the molecule is CCNC(CSC(C)(C)C)c1cc2cc(C)ccc2o1. The van der Waals surface area contributed by atoms with Gasteiger partial charge in [-0.05, 0) is 31.7 Å². The van der Waals surface area contributed by atoms with Crippen molar-refractivity contribution in [2.75, 3.05) is 12.3 Å². The number of fused-ring (bicyclic) bond motifs is 1. The van der Waals surface area contributed by atoms with Crippen LogP contribution in [0.25, 0.3) is 11.0 Å². The van der Waals surface area contributed by atoms with E-state index >= 15 is 0 Å². The first-order valence-corrected chi connectivity index (χ1v) is 8.25. The highest BCUT2D eigenvalue weighted by molar-refractivity contribution is 8.00. The molecule has 0 fully saturated rings. The van der Waals surface area contributed by atoms with Gasteiger partial charge in [0.1, 0.15) is 11.3 Å². The van der Waals surface area contributed by atoms with Crippen molar-refractivity contribution >= 4 is 22.7 Å². The van der Waals surface area contributed by atoms with Crippen LogP contribution in [0.2, 0.25) is 0 Å². The number of hydrogen-bond acceptors (Lipinski definition) is 3. The third-order valence-electron chi connectivity index (χ3n) is 3.17. The van der Waals surface area contributed by atoms with E-state index in [2.05, 4.69) is 64.2 Å². The van der Waals surface area contributed by atoms with Crippen LogP contribution in [0.3, 0.4) is 0 Å². The van der Waals surface area contributed by atoms with Crippen LogP contribution < -0.4 is 5.32 Å². The number of rotatable bonds is 5. The molecule has 1 N–H and O–H groups in total. The van der Waals surface area contributed by atoms with Gasteiger partial charge in [-0.3, -0.25) is 0 Å². The van der Waals surface area contributed by atoms with Crippen molar-refractivity contribution in [3.05, 3.63) is 35.6 Å². The van der Waals surface area contributed by atoms with E-state index in [9.17, 15) is 0 Å². The van der Waals surface area contributed by atoms with Crippen molar-refractivity contribution < 1.29 is 4.42 Å². The molecular formula is C17H25NOS. The summed E-state index contributed by atoms with van der Waals surface area (Å²) in [7, 11) is 0. The van der Waals surface area contributed by atoms with Crippen molar-refractivity contribution in [2.24, 2.45) is 0 Å². The first-order chi connectivity index (χ1) is 9.39. The number of nitrogens with one attached hydrogen (secondary N) is 1. The van der Waals surface area contributed by atoms with Crippen LogP contribution in [-0.4, -0.2) is 17.0 Å². The zero-order valence-corrected chi connectivity index (χ0v) is 13.9. The van der Waals surface area contributed by atoms with Gasteiger partial charge in [0, 0.05) is 15.9 Å². The molecule has 20 heavy (non-hydrogen) atoms. The zero-order valence-electron chi connectivity index (χ0n) is 13.1. The lowest BCUT2D eigenvalue weighted by atomic mass is 10.1. The van der Waals surface area contributed by atoms with Crippen LogP contribution in [0.1, 0.15) is 45.1 Å². The largest absolute Gasteiger partial charge is 0.459 e. The minimum absolute atomic E-state index is 0.274. The number of benzene rings is 1. The standard InChI is InChI=1S/C17H25NOS/c1-6-18-14(11-20-17(3,4)5)16-10-13-9-12(2)7-8-15(13)19-16/h7-10,14,18H,6,11H2,1-5H3. The zero-order chi connectivity index (χ0) is 14.8. The normalized spacial score (nSPS) is 13.8. The van der Waals surface area contributed by atoms with E-state index < -0.39 is 0 Å². The third kappa shape index (κ3) is 4.03. The van der Waals surface area contributed by atoms with Crippen molar-refractivity contribution in [3.63, 3.8) is 0 Å². The summed E-state index contributed by atoms with van der Waals surface area (Å²) in [5.41, 5.74) is 2.25. The summed E-state index contributed by atoms with van der Waals surface area (Å²) in [6.45, 7) is 12.0. The molecule has 1 heterocycles. The first-order valence-electron chi connectivity index (χ1n) is 7.26. The average molecular weight is 291 g/mol. The molecule has 0 aliphatic heterocycles. The predicted molar refractivity (Wildman–Crippen MR) is 89.6 cm³/mol. The minimum Gasteiger partial charge on any atom is -0.459 e. The van der Waals surface area contributed by atoms with E-state index in [1.165, 1.54) is 10.9 Å². The molecule has 110 valence electrons. The highest BCUT2D eigenvalue weighted by Crippen LogP contribution is 2.31. The molecule has 0 aliphatic rings. The number of hydrogen-bond donors (Lipinski definition) is 1. The maximum absolute atomic E-state index is 6.03. The average Bonchev–Trinajstić information content (AvgIpc) is 2.75. The van der Waals surface area contributed by atoms with Gasteiger partial charge in [-0.1, -0.05) is 39.3 Å². The number of aryl methyl sites for hydroxylation is 1. The molecule has 2 aromatic rings. The van der Waals surface area contributed by atoms with Crippen molar-refractivity contribution in [1.29, 1.82) is 0 Å². The quantitative estimate of drug-likeness (QED) is 0.846. The Bertz CT molecular complexity index is 568. The molecule has 0 radical (unpaired) electrons. The van der Waals surface area contributed by atoms with E-state index in [1.807, 2.05) is 11.8 Å². The highest BCUT2D eigenvalue weighted by atomic mass is 32.2. The Morgan fingerprint density at radius 1 is 1.25 bits per heavy atom. The van der Waals surface area contributed by atoms with Crippen molar-refractivity contribution in [2.45, 2.75) is 45.4 Å². The summed E-state index contributed by atoms with van der Waals surface area (Å²) in [5.74, 6) is 2.07. The predicted octanol–water partition coefficient (Wildman–Crippen LogP) is 4.92. The highest BCUT2D eigenvalue weighted by Gasteiger charge is 2.19. The summed E-state index contributed by atoms with van der Waals surface area (Å²) in [6, 6.07) is 8.80. The van der Waals surface area contributed by atoms with Gasteiger partial charge in [-0.2, -0.15) is 11.8 Å². The van der Waals surface area contributed by atoms with Gasteiger partial charge in [0.05, 0.1) is 6.04 Å². The van der Waals surface area contributed by atoms with Crippen LogP contribution in [0.4, 0.5) is 0 Å². The monoisotopic (exact) mass is 291 g/mol. The maximum Gasteiger partial charge on any atom is 0.134 e. The summed E-state index contributed by atoms with van der Waals surface area (Å²) < 4.78 is 6.30. The maximum atomic E-state index is 6.03. The Kier molecular flexibility index (Phi) is 4.82. The summed E-state index contributed by atoms with van der Waals surface area (Å²) in [4.78, 5) is 0. The van der Waals surface area contributed by atoms with Crippen LogP contribution in [0.15, 0.2) is 28.7 Å². The van der Waals surface area contributed by atoms with Crippen molar-refractivity contribution in [1.82, 2.24) is 5.32 Å². The Morgan fingerprint density at radius 3 is 2.65 bits per heavy atom. The molecule has 0 saturated heterocycles. The fraction of sp³-hybridized carbons (Fsp3) is 0.529. The Morgan fingerprint density at radius 2 is 2.00 bits per heavy atom. The van der Waals surface area contributed by atoms with E-state index in [0.29, 0.717) is 0 Å². The molecule has 1 unspecified atom stereocenters. The molecule has 0 saturated carbocycles. The fourth-order valence-corrected chi connectivity index (χ4v) is 3.13. The number of thioether (sulfide) groups is 1. The lowest BCUT2D eigenvalue weighted by Crippen LogP contribution is -2.24. The molecule has 2 nitrogen and oxygen atoms in total. The molecule has 0 bridgehead atoms. The molecule has 0 spiro atoms. The van der Waals surface area contributed by atoms with Gasteiger partial charge in [0.25, 0.3) is 0 Å². The van der Waals surface area contributed by atoms with E-state index in [4.69, 9.17) is 4.42 Å². The van der Waals surface area contributed by atoms with Crippen LogP contribution in [0.5, 0.6) is 0 Å². The van der Waals surface area contributed by atoms with E-state index in [0.717, 1.165) is 23.6 Å². The topological polar surface area (TPSA) is 25.2 Å². The van der Waals surface area contributed by atoms with Crippen LogP contribution in [-0.2, 0) is 0 Å². The van der Waals surface area contributed by atoms with Gasteiger partial charge in [-0.15, -0.1) is 0 Å². The molecule has 3 heteroatoms. The third-order valence-corrected chi connectivity index (χ3v) is 4.53. The van der Waals surface area contributed by atoms with Crippen molar-refractivity contribution in [3.8, 4) is 0 Å². The molecule has 1 aromatic heterocycles. The molecular weight excluding hydrogens is 266 g/mol. The minimum atomic E-state index is 0.274. The van der Waals surface area contributed by atoms with Gasteiger partial charge in [0.15, 0.2) is 0 Å². The second-order valence-corrected chi connectivity index (χ2v) is 8.07. The Balaban J connectivity index is 2.22. The number of furan rings is 1. The lowest BCUT2D eigenvalue weighted by Gasteiger charge is -2.22. The van der Waals surface area contributed by atoms with Crippen LogP contribution >= 0.6 is 11.8 Å². The Labute approximate surface area is 126 Å². The van der Waals surface area contributed by atoms with E-state index in [-0.39, 0.29) is 10.8 Å². The second kappa shape index (κ2) is 6.23. The van der Waals surface area contributed by atoms with E-state index in [1.54, 1.807) is 0 Å². The summed E-state index contributed by atoms with van der Waals surface area (Å²) >= 11 is 1.97. The first kappa shape index (κ1) is 15.5. The van der Waals surface area contributed by atoms with Gasteiger partial charge < -0.3 is 9.73 Å².